The molecule has 0 saturated heterocycles. The lowest BCUT2D eigenvalue weighted by Crippen LogP contribution is -2.42. The normalized spacial score (nSPS) is 11.6. The summed E-state index contributed by atoms with van der Waals surface area (Å²) in [4.78, 5) is 36.3. The van der Waals surface area contributed by atoms with Crippen LogP contribution in [0.5, 0.6) is 0 Å². The molecule has 0 saturated carbocycles. The molecule has 0 spiro atoms. The largest absolute Gasteiger partial charge is 0.490 e. The first kappa shape index (κ1) is 30.9. The molecule has 0 fully saturated rings. The highest BCUT2D eigenvalue weighted by Gasteiger charge is 2.38. The first-order chi connectivity index (χ1) is 17.4. The minimum atomic E-state index is -5.08. The zero-order valence-electron chi connectivity index (χ0n) is 19.7. The summed E-state index contributed by atoms with van der Waals surface area (Å²) in [7, 11) is 0. The van der Waals surface area contributed by atoms with Crippen molar-refractivity contribution in [3.8, 4) is 0 Å². The van der Waals surface area contributed by atoms with E-state index in [-0.39, 0.29) is 24.9 Å². The van der Waals surface area contributed by atoms with Gasteiger partial charge in [0.25, 0.3) is 0 Å². The van der Waals surface area contributed by atoms with Crippen LogP contribution in [0.4, 0.5) is 13.2 Å². The second-order valence-corrected chi connectivity index (χ2v) is 7.60. The summed E-state index contributed by atoms with van der Waals surface area (Å²) in [6.45, 7) is 0.367. The van der Waals surface area contributed by atoms with Crippen molar-refractivity contribution < 1.29 is 42.5 Å². The molecule has 2 aromatic rings. The molecule has 1 atom stereocenters. The van der Waals surface area contributed by atoms with Gasteiger partial charge in [0, 0.05) is 12.5 Å². The van der Waals surface area contributed by atoms with Crippen LogP contribution in [0.15, 0.2) is 65.7 Å². The number of ether oxygens (including phenoxy) is 1. The topological polar surface area (TPSA) is 177 Å². The number of amides is 1. The van der Waals surface area contributed by atoms with E-state index in [2.05, 4.69) is 10.3 Å². The molecular formula is C24H29F3N4O6. The van der Waals surface area contributed by atoms with Crippen molar-refractivity contribution in [2.24, 2.45) is 16.5 Å². The molecule has 2 aromatic carbocycles. The Balaban J connectivity index is 0.000000856. The van der Waals surface area contributed by atoms with Gasteiger partial charge in [0.2, 0.25) is 5.91 Å². The van der Waals surface area contributed by atoms with Crippen molar-refractivity contribution in [1.82, 2.24) is 5.32 Å². The maximum Gasteiger partial charge on any atom is 0.490 e. The van der Waals surface area contributed by atoms with E-state index >= 15 is 0 Å². The SMILES string of the molecule is NC(N)=NCCC[C@H](NC(=O)COCC(c1ccccc1)c1ccccc1)C(=O)O.O=C(O)C(F)(F)F. The summed E-state index contributed by atoms with van der Waals surface area (Å²) in [6.07, 6.45) is -4.44. The Morgan fingerprint density at radius 1 is 0.946 bits per heavy atom. The Morgan fingerprint density at radius 3 is 1.84 bits per heavy atom. The molecule has 0 aromatic heterocycles. The van der Waals surface area contributed by atoms with Gasteiger partial charge in [-0.15, -0.1) is 0 Å². The minimum absolute atomic E-state index is 0.0324. The third-order valence-corrected chi connectivity index (χ3v) is 4.74. The number of nitrogens with two attached hydrogens (primary N) is 2. The van der Waals surface area contributed by atoms with Crippen LogP contribution in [0.2, 0.25) is 0 Å². The quantitative estimate of drug-likeness (QED) is 0.159. The number of carbonyl (C=O) groups excluding carboxylic acids is 1. The number of carboxylic acid groups (broad SMARTS) is 2. The Bertz CT molecular complexity index is 977. The molecule has 0 bridgehead atoms. The molecule has 7 N–H and O–H groups in total. The number of aliphatic imine (C=N–C) groups is 1. The number of rotatable bonds is 12. The average Bonchev–Trinajstić information content (AvgIpc) is 2.84. The third-order valence-electron chi connectivity index (χ3n) is 4.74. The molecule has 0 aliphatic carbocycles. The molecule has 1 amide bonds. The summed E-state index contributed by atoms with van der Waals surface area (Å²) in [5, 5.41) is 18.9. The number of carbonyl (C=O) groups is 3. The smallest absolute Gasteiger partial charge is 0.480 e. The first-order valence-corrected chi connectivity index (χ1v) is 11.0. The summed E-state index contributed by atoms with van der Waals surface area (Å²) in [5.41, 5.74) is 12.6. The molecule has 0 aliphatic rings. The monoisotopic (exact) mass is 526 g/mol. The Morgan fingerprint density at radius 2 is 1.43 bits per heavy atom. The summed E-state index contributed by atoms with van der Waals surface area (Å²) in [6, 6.07) is 18.7. The lowest BCUT2D eigenvalue weighted by atomic mass is 9.92. The van der Waals surface area contributed by atoms with Crippen molar-refractivity contribution in [2.75, 3.05) is 19.8 Å². The fourth-order valence-electron chi connectivity index (χ4n) is 3.02. The van der Waals surface area contributed by atoms with Crippen molar-refractivity contribution in [3.05, 3.63) is 71.8 Å². The van der Waals surface area contributed by atoms with E-state index in [0.29, 0.717) is 19.6 Å². The molecule has 2 rings (SSSR count). The number of hydrogen-bond donors (Lipinski definition) is 5. The van der Waals surface area contributed by atoms with Gasteiger partial charge in [-0.05, 0) is 24.0 Å². The molecule has 202 valence electrons. The van der Waals surface area contributed by atoms with Crippen molar-refractivity contribution in [2.45, 2.75) is 31.0 Å². The van der Waals surface area contributed by atoms with Gasteiger partial charge in [-0.1, -0.05) is 60.7 Å². The fourth-order valence-corrected chi connectivity index (χ4v) is 3.02. The van der Waals surface area contributed by atoms with Crippen LogP contribution in [0.3, 0.4) is 0 Å². The number of halogens is 3. The van der Waals surface area contributed by atoms with E-state index in [1.165, 1.54) is 0 Å². The number of nitrogens with one attached hydrogen (secondary N) is 1. The van der Waals surface area contributed by atoms with Crippen molar-refractivity contribution in [3.63, 3.8) is 0 Å². The molecule has 0 unspecified atom stereocenters. The van der Waals surface area contributed by atoms with E-state index < -0.39 is 30.1 Å². The molecule has 10 nitrogen and oxygen atoms in total. The second-order valence-electron chi connectivity index (χ2n) is 7.60. The lowest BCUT2D eigenvalue weighted by molar-refractivity contribution is -0.192. The van der Waals surface area contributed by atoms with Gasteiger partial charge in [-0.2, -0.15) is 13.2 Å². The molecule has 0 aliphatic heterocycles. The van der Waals surface area contributed by atoms with Crippen LogP contribution in [-0.2, 0) is 19.1 Å². The Hall–Kier alpha value is -4.13. The number of carboxylic acids is 2. The van der Waals surface area contributed by atoms with Gasteiger partial charge >= 0.3 is 18.1 Å². The van der Waals surface area contributed by atoms with Gasteiger partial charge in [0.1, 0.15) is 12.6 Å². The average molecular weight is 527 g/mol. The zero-order valence-corrected chi connectivity index (χ0v) is 19.7. The Labute approximate surface area is 211 Å². The van der Waals surface area contributed by atoms with Crippen LogP contribution in [-0.4, -0.2) is 66.0 Å². The first-order valence-electron chi connectivity index (χ1n) is 11.0. The second kappa shape index (κ2) is 15.8. The predicted molar refractivity (Wildman–Crippen MR) is 129 cm³/mol. The summed E-state index contributed by atoms with van der Waals surface area (Å²) < 4.78 is 37.4. The summed E-state index contributed by atoms with van der Waals surface area (Å²) >= 11 is 0. The third kappa shape index (κ3) is 12.9. The van der Waals surface area contributed by atoms with Crippen LogP contribution in [0.1, 0.15) is 29.9 Å². The molecule has 13 heteroatoms. The fraction of sp³-hybridized carbons (Fsp3) is 0.333. The molecule has 37 heavy (non-hydrogen) atoms. The molecular weight excluding hydrogens is 497 g/mol. The molecule has 0 heterocycles. The highest BCUT2D eigenvalue weighted by Crippen LogP contribution is 2.24. The standard InChI is InChI=1S/C22H28N4O4.C2HF3O2/c23-22(24)25-13-7-12-19(21(28)29)26-20(27)15-30-14-18(16-8-3-1-4-9-16)17-10-5-2-6-11-17;3-2(4,5)1(6)7/h1-6,8-11,18-19H,7,12-15H2,(H,26,27)(H,28,29)(H4,23,24,25);(H,6,7)/t19-;/m0./s1. The Kier molecular flexibility index (Phi) is 13.2. The number of hydrogen-bond acceptors (Lipinski definition) is 5. The number of nitrogens with zero attached hydrogens (tertiary/aromatic N) is 1. The van der Waals surface area contributed by atoms with Gasteiger partial charge < -0.3 is 31.7 Å². The highest BCUT2D eigenvalue weighted by atomic mass is 19.4. The van der Waals surface area contributed by atoms with Crippen LogP contribution < -0.4 is 16.8 Å². The van der Waals surface area contributed by atoms with E-state index in [0.717, 1.165) is 11.1 Å². The van der Waals surface area contributed by atoms with Crippen molar-refractivity contribution in [1.29, 1.82) is 0 Å². The maximum atomic E-state index is 12.2. The number of alkyl halides is 3. The van der Waals surface area contributed by atoms with Crippen LogP contribution in [0, 0.1) is 0 Å². The van der Waals surface area contributed by atoms with Crippen LogP contribution in [0.25, 0.3) is 0 Å². The minimum Gasteiger partial charge on any atom is -0.480 e. The van der Waals surface area contributed by atoms with Gasteiger partial charge in [-0.25, -0.2) is 9.59 Å². The van der Waals surface area contributed by atoms with E-state index in [1.807, 2.05) is 60.7 Å². The van der Waals surface area contributed by atoms with Gasteiger partial charge in [0.15, 0.2) is 5.96 Å². The highest BCUT2D eigenvalue weighted by molar-refractivity contribution is 5.84. The zero-order chi connectivity index (χ0) is 27.8. The van der Waals surface area contributed by atoms with E-state index in [4.69, 9.17) is 26.1 Å². The predicted octanol–water partition coefficient (Wildman–Crippen LogP) is 2.09. The maximum absolute atomic E-state index is 12.2. The van der Waals surface area contributed by atoms with Crippen molar-refractivity contribution >= 4 is 23.8 Å². The number of guanidine groups is 1. The van der Waals surface area contributed by atoms with E-state index in [9.17, 15) is 27.9 Å². The number of benzene rings is 2. The number of aliphatic carboxylic acids is 2. The van der Waals surface area contributed by atoms with Gasteiger partial charge in [-0.3, -0.25) is 9.79 Å². The molecule has 0 radical (unpaired) electrons. The van der Waals surface area contributed by atoms with E-state index in [1.54, 1.807) is 0 Å². The summed E-state index contributed by atoms with van der Waals surface area (Å²) in [5.74, 6) is -4.43. The van der Waals surface area contributed by atoms with Gasteiger partial charge in [0.05, 0.1) is 6.61 Å². The van der Waals surface area contributed by atoms with Crippen LogP contribution >= 0.6 is 0 Å². The lowest BCUT2D eigenvalue weighted by Gasteiger charge is -2.19.